The number of hydrogen-bond donors (Lipinski definition) is 0. The van der Waals surface area contributed by atoms with Gasteiger partial charge in [0.25, 0.3) is 0 Å². The van der Waals surface area contributed by atoms with Gasteiger partial charge in [0, 0.05) is 19.3 Å². The van der Waals surface area contributed by atoms with Crippen LogP contribution >= 0.6 is 0 Å². The van der Waals surface area contributed by atoms with Gasteiger partial charge >= 0.3 is 17.9 Å². The normalized spacial score (nSPS) is 12.1. The van der Waals surface area contributed by atoms with Crippen molar-refractivity contribution < 1.29 is 28.6 Å². The van der Waals surface area contributed by atoms with E-state index in [4.69, 9.17) is 14.2 Å². The topological polar surface area (TPSA) is 78.9 Å². The van der Waals surface area contributed by atoms with Crippen molar-refractivity contribution in [1.29, 1.82) is 0 Å². The van der Waals surface area contributed by atoms with Crippen molar-refractivity contribution in [2.24, 2.45) is 0 Å². The SMILES string of the molecule is CCCCCCC=CCCCCCCCCCC(=O)OCC(COC(=O)CCCCCCCCCCCCCCC)OC(=O)CCCCCCCC=CCCCCCCC. The molecule has 6 nitrogen and oxygen atoms in total. The smallest absolute Gasteiger partial charge is 0.306 e. The molecule has 0 aliphatic carbocycles. The van der Waals surface area contributed by atoms with Crippen LogP contribution < -0.4 is 0 Å². The third kappa shape index (κ3) is 46.9. The van der Waals surface area contributed by atoms with Crippen LogP contribution in [0.2, 0.25) is 0 Å². The van der Waals surface area contributed by atoms with Gasteiger partial charge in [-0.05, 0) is 70.6 Å². The van der Waals surface area contributed by atoms with E-state index in [2.05, 4.69) is 45.1 Å². The standard InChI is InChI=1S/C54H100O6/c1-4-7-10-13-16-19-22-25-27-30-32-35-38-41-44-47-53(56)59-50-51(49-58-52(55)46-43-40-37-34-31-28-24-21-18-15-12-9-6-3)60-54(57)48-45-42-39-36-33-29-26-23-20-17-14-11-8-5-2/h19,22-23,26,51H,4-18,20-21,24-25,27-50H2,1-3H3. The molecule has 6 heteroatoms. The Balaban J connectivity index is 4.36. The van der Waals surface area contributed by atoms with Crippen molar-refractivity contribution >= 4 is 17.9 Å². The molecule has 0 saturated carbocycles. The van der Waals surface area contributed by atoms with Crippen LogP contribution in [-0.4, -0.2) is 37.2 Å². The first-order valence-corrected chi connectivity index (χ1v) is 26.3. The highest BCUT2D eigenvalue weighted by molar-refractivity contribution is 5.71. The van der Waals surface area contributed by atoms with Crippen LogP contribution in [0.5, 0.6) is 0 Å². The predicted molar refractivity (Wildman–Crippen MR) is 256 cm³/mol. The zero-order chi connectivity index (χ0) is 43.7. The molecule has 0 spiro atoms. The van der Waals surface area contributed by atoms with Gasteiger partial charge in [-0.1, -0.05) is 218 Å². The summed E-state index contributed by atoms with van der Waals surface area (Å²) in [4.78, 5) is 38.0. The number of carbonyl (C=O) groups is 3. The summed E-state index contributed by atoms with van der Waals surface area (Å²) in [6.07, 6.45) is 55.8. The molecule has 0 aromatic carbocycles. The van der Waals surface area contributed by atoms with Crippen LogP contribution in [0, 0.1) is 0 Å². The second kappa shape index (κ2) is 49.5. The number of rotatable bonds is 48. The van der Waals surface area contributed by atoms with Crippen LogP contribution in [-0.2, 0) is 28.6 Å². The fraction of sp³-hybridized carbons (Fsp3) is 0.870. The highest BCUT2D eigenvalue weighted by Gasteiger charge is 2.19. The Morgan fingerprint density at radius 3 is 0.850 bits per heavy atom. The third-order valence-corrected chi connectivity index (χ3v) is 11.7. The number of esters is 3. The summed E-state index contributed by atoms with van der Waals surface area (Å²) < 4.78 is 16.8. The molecular weight excluding hydrogens is 745 g/mol. The Hall–Kier alpha value is -2.11. The molecule has 0 saturated heterocycles. The highest BCUT2D eigenvalue weighted by Crippen LogP contribution is 2.15. The first kappa shape index (κ1) is 57.9. The first-order chi connectivity index (χ1) is 29.5. The molecule has 0 aromatic heterocycles. The van der Waals surface area contributed by atoms with Gasteiger partial charge < -0.3 is 14.2 Å². The Kier molecular flexibility index (Phi) is 47.8. The number of hydrogen-bond acceptors (Lipinski definition) is 6. The summed E-state index contributed by atoms with van der Waals surface area (Å²) in [7, 11) is 0. The monoisotopic (exact) mass is 845 g/mol. The molecule has 1 atom stereocenters. The van der Waals surface area contributed by atoms with Crippen LogP contribution in [0.4, 0.5) is 0 Å². The zero-order valence-electron chi connectivity index (χ0n) is 40.2. The molecular formula is C54H100O6. The van der Waals surface area contributed by atoms with E-state index in [0.29, 0.717) is 19.3 Å². The fourth-order valence-electron chi connectivity index (χ4n) is 7.67. The van der Waals surface area contributed by atoms with E-state index >= 15 is 0 Å². The maximum Gasteiger partial charge on any atom is 0.306 e. The molecule has 0 heterocycles. The van der Waals surface area contributed by atoms with E-state index in [-0.39, 0.29) is 31.1 Å². The molecule has 0 radical (unpaired) electrons. The van der Waals surface area contributed by atoms with Gasteiger partial charge in [-0.3, -0.25) is 14.4 Å². The Morgan fingerprint density at radius 1 is 0.317 bits per heavy atom. The molecule has 0 fully saturated rings. The van der Waals surface area contributed by atoms with Crippen LogP contribution in [0.15, 0.2) is 24.3 Å². The average molecular weight is 845 g/mol. The lowest BCUT2D eigenvalue weighted by molar-refractivity contribution is -0.167. The lowest BCUT2D eigenvalue weighted by atomic mass is 10.0. The maximum atomic E-state index is 12.8. The van der Waals surface area contributed by atoms with E-state index in [1.165, 1.54) is 180 Å². The minimum absolute atomic E-state index is 0.0721. The van der Waals surface area contributed by atoms with Crippen molar-refractivity contribution in [2.75, 3.05) is 13.2 Å². The summed E-state index contributed by atoms with van der Waals surface area (Å²) in [5.74, 6) is -0.872. The van der Waals surface area contributed by atoms with E-state index in [9.17, 15) is 14.4 Å². The van der Waals surface area contributed by atoms with E-state index in [1.54, 1.807) is 0 Å². The van der Waals surface area contributed by atoms with Crippen molar-refractivity contribution in [3.8, 4) is 0 Å². The van der Waals surface area contributed by atoms with Gasteiger partial charge in [-0.2, -0.15) is 0 Å². The molecule has 0 aliphatic heterocycles. The maximum absolute atomic E-state index is 12.8. The molecule has 0 amide bonds. The van der Waals surface area contributed by atoms with Crippen molar-refractivity contribution in [2.45, 2.75) is 290 Å². The van der Waals surface area contributed by atoms with E-state index in [1.807, 2.05) is 0 Å². The molecule has 0 bridgehead atoms. The number of allylic oxidation sites excluding steroid dienone is 4. The first-order valence-electron chi connectivity index (χ1n) is 26.3. The van der Waals surface area contributed by atoms with E-state index < -0.39 is 6.10 Å². The quantitative estimate of drug-likeness (QED) is 0.0263. The van der Waals surface area contributed by atoms with Gasteiger partial charge in [0.15, 0.2) is 6.10 Å². The fourth-order valence-corrected chi connectivity index (χ4v) is 7.67. The molecule has 0 N–H and O–H groups in total. The average Bonchev–Trinajstić information content (AvgIpc) is 3.24. The van der Waals surface area contributed by atoms with E-state index in [0.717, 1.165) is 64.2 Å². The molecule has 1 unspecified atom stereocenters. The lowest BCUT2D eigenvalue weighted by Crippen LogP contribution is -2.30. The molecule has 0 rings (SSSR count). The van der Waals surface area contributed by atoms with Crippen molar-refractivity contribution in [3.63, 3.8) is 0 Å². The molecule has 352 valence electrons. The Morgan fingerprint density at radius 2 is 0.550 bits per heavy atom. The Labute approximate surface area is 373 Å². The van der Waals surface area contributed by atoms with Gasteiger partial charge in [0.2, 0.25) is 0 Å². The summed E-state index contributed by atoms with van der Waals surface area (Å²) in [6, 6.07) is 0. The summed E-state index contributed by atoms with van der Waals surface area (Å²) in [5, 5.41) is 0. The molecule has 60 heavy (non-hydrogen) atoms. The third-order valence-electron chi connectivity index (χ3n) is 11.7. The van der Waals surface area contributed by atoms with Crippen LogP contribution in [0.25, 0.3) is 0 Å². The van der Waals surface area contributed by atoms with Crippen LogP contribution in [0.1, 0.15) is 284 Å². The summed E-state index contributed by atoms with van der Waals surface area (Å²) in [6.45, 7) is 6.63. The minimum Gasteiger partial charge on any atom is -0.462 e. The van der Waals surface area contributed by atoms with Crippen molar-refractivity contribution in [3.05, 3.63) is 24.3 Å². The zero-order valence-corrected chi connectivity index (χ0v) is 40.2. The highest BCUT2D eigenvalue weighted by atomic mass is 16.6. The minimum atomic E-state index is -0.772. The van der Waals surface area contributed by atoms with Crippen molar-refractivity contribution in [1.82, 2.24) is 0 Å². The largest absolute Gasteiger partial charge is 0.462 e. The second-order valence-electron chi connectivity index (χ2n) is 17.8. The Bertz CT molecular complexity index is 973. The number of carbonyl (C=O) groups excluding carboxylic acids is 3. The lowest BCUT2D eigenvalue weighted by Gasteiger charge is -2.18. The summed E-state index contributed by atoms with van der Waals surface area (Å²) in [5.41, 5.74) is 0. The van der Waals surface area contributed by atoms with Gasteiger partial charge in [-0.25, -0.2) is 0 Å². The van der Waals surface area contributed by atoms with Crippen LogP contribution in [0.3, 0.4) is 0 Å². The number of ether oxygens (including phenoxy) is 3. The molecule has 0 aromatic rings. The van der Waals surface area contributed by atoms with Gasteiger partial charge in [0.1, 0.15) is 13.2 Å². The summed E-state index contributed by atoms with van der Waals surface area (Å²) >= 11 is 0. The van der Waals surface area contributed by atoms with Gasteiger partial charge in [-0.15, -0.1) is 0 Å². The predicted octanol–water partition coefficient (Wildman–Crippen LogP) is 17.2. The van der Waals surface area contributed by atoms with Gasteiger partial charge in [0.05, 0.1) is 0 Å². The second-order valence-corrected chi connectivity index (χ2v) is 17.8. The number of unbranched alkanes of at least 4 members (excludes halogenated alkanes) is 33. The molecule has 0 aliphatic rings.